The van der Waals surface area contributed by atoms with Crippen LogP contribution in [0.25, 0.3) is 0 Å². The summed E-state index contributed by atoms with van der Waals surface area (Å²) in [5.74, 6) is 2.07. The smallest absolute Gasteiger partial charge is 0.231 e. The minimum Gasteiger partial charge on any atom is -0.454 e. The zero-order chi connectivity index (χ0) is 9.84. The quantitative estimate of drug-likeness (QED) is 0.650. The zero-order valence-electron chi connectivity index (χ0n) is 8.46. The van der Waals surface area contributed by atoms with Crippen LogP contribution in [0.15, 0.2) is 35.8 Å². The molecular formula is C11H16O2. The van der Waals surface area contributed by atoms with Crippen molar-refractivity contribution in [2.24, 2.45) is 5.92 Å². The van der Waals surface area contributed by atoms with E-state index in [4.69, 9.17) is 9.47 Å². The fourth-order valence-corrected chi connectivity index (χ4v) is 1.32. The SMILES string of the molecule is C=C/C(=C1/OCO/C1=C/C)C(C)C. The second-order valence-corrected chi connectivity index (χ2v) is 3.20. The van der Waals surface area contributed by atoms with Gasteiger partial charge in [-0.1, -0.05) is 26.5 Å². The lowest BCUT2D eigenvalue weighted by atomic mass is 10.0. The Balaban J connectivity index is 3.06. The van der Waals surface area contributed by atoms with Crippen LogP contribution in [0.2, 0.25) is 0 Å². The Morgan fingerprint density at radius 1 is 1.46 bits per heavy atom. The molecule has 0 amide bonds. The van der Waals surface area contributed by atoms with Crippen LogP contribution >= 0.6 is 0 Å². The molecule has 72 valence electrons. The summed E-state index contributed by atoms with van der Waals surface area (Å²) in [7, 11) is 0. The van der Waals surface area contributed by atoms with Crippen LogP contribution in [-0.4, -0.2) is 6.79 Å². The standard InChI is InChI=1S/C11H16O2/c1-5-9(8(3)4)11-10(6-2)12-7-13-11/h5-6,8H,1,7H2,2-4H3/b10-6+,11-9-. The highest BCUT2D eigenvalue weighted by molar-refractivity contribution is 5.34. The van der Waals surface area contributed by atoms with Crippen molar-refractivity contribution in [1.29, 1.82) is 0 Å². The van der Waals surface area contributed by atoms with Crippen molar-refractivity contribution in [2.75, 3.05) is 6.79 Å². The van der Waals surface area contributed by atoms with Crippen LogP contribution in [0.5, 0.6) is 0 Å². The Hall–Kier alpha value is -1.18. The summed E-state index contributed by atoms with van der Waals surface area (Å²) in [6.45, 7) is 10.2. The maximum absolute atomic E-state index is 5.39. The van der Waals surface area contributed by atoms with Gasteiger partial charge in [-0.2, -0.15) is 0 Å². The van der Waals surface area contributed by atoms with E-state index in [1.54, 1.807) is 0 Å². The molecule has 2 nitrogen and oxygen atoms in total. The highest BCUT2D eigenvalue weighted by Gasteiger charge is 2.20. The predicted octanol–water partition coefficient (Wildman–Crippen LogP) is 2.99. The lowest BCUT2D eigenvalue weighted by Gasteiger charge is -2.08. The molecule has 1 aliphatic heterocycles. The predicted molar refractivity (Wildman–Crippen MR) is 52.9 cm³/mol. The van der Waals surface area contributed by atoms with Crippen molar-refractivity contribution in [3.05, 3.63) is 35.8 Å². The molecular weight excluding hydrogens is 164 g/mol. The van der Waals surface area contributed by atoms with Crippen LogP contribution in [0.1, 0.15) is 20.8 Å². The molecule has 2 heteroatoms. The van der Waals surface area contributed by atoms with Gasteiger partial charge in [0.2, 0.25) is 6.79 Å². The minimum absolute atomic E-state index is 0.319. The maximum Gasteiger partial charge on any atom is 0.231 e. The number of rotatable bonds is 2. The third-order valence-electron chi connectivity index (χ3n) is 2.01. The summed E-state index contributed by atoms with van der Waals surface area (Å²) in [5, 5.41) is 0. The number of hydrogen-bond donors (Lipinski definition) is 0. The van der Waals surface area contributed by atoms with E-state index in [2.05, 4.69) is 20.4 Å². The molecule has 0 aromatic heterocycles. The first-order valence-corrected chi connectivity index (χ1v) is 4.49. The van der Waals surface area contributed by atoms with E-state index in [9.17, 15) is 0 Å². The van der Waals surface area contributed by atoms with Gasteiger partial charge in [0.1, 0.15) is 0 Å². The Morgan fingerprint density at radius 3 is 2.62 bits per heavy atom. The molecule has 0 bridgehead atoms. The molecule has 0 saturated carbocycles. The van der Waals surface area contributed by atoms with Crippen LogP contribution in [0.3, 0.4) is 0 Å². The molecule has 0 aromatic carbocycles. The molecule has 1 heterocycles. The van der Waals surface area contributed by atoms with Crippen LogP contribution in [0, 0.1) is 5.92 Å². The lowest BCUT2D eigenvalue weighted by Crippen LogP contribution is -1.97. The lowest BCUT2D eigenvalue weighted by molar-refractivity contribution is 0.0967. The Bertz CT molecular complexity index is 259. The third kappa shape index (κ3) is 1.94. The van der Waals surface area contributed by atoms with Crippen molar-refractivity contribution in [3.63, 3.8) is 0 Å². The summed E-state index contributed by atoms with van der Waals surface area (Å²) >= 11 is 0. The first-order chi connectivity index (χ1) is 6.20. The van der Waals surface area contributed by atoms with Gasteiger partial charge in [-0.15, -0.1) is 0 Å². The van der Waals surface area contributed by atoms with Crippen LogP contribution in [0.4, 0.5) is 0 Å². The van der Waals surface area contributed by atoms with Gasteiger partial charge in [-0.3, -0.25) is 0 Å². The molecule has 0 atom stereocenters. The molecule has 0 aliphatic carbocycles. The van der Waals surface area contributed by atoms with Gasteiger partial charge in [0.05, 0.1) is 0 Å². The number of ether oxygens (including phenoxy) is 2. The average Bonchev–Trinajstić information content (AvgIpc) is 2.53. The third-order valence-corrected chi connectivity index (χ3v) is 2.01. The van der Waals surface area contributed by atoms with Crippen molar-refractivity contribution < 1.29 is 9.47 Å². The molecule has 0 spiro atoms. The number of allylic oxidation sites excluding steroid dienone is 3. The Labute approximate surface area is 79.5 Å². The normalized spacial score (nSPS) is 22.9. The summed E-state index contributed by atoms with van der Waals surface area (Å²) in [6.07, 6.45) is 3.74. The molecule has 1 rings (SSSR count). The van der Waals surface area contributed by atoms with Gasteiger partial charge in [-0.05, 0) is 18.9 Å². The van der Waals surface area contributed by atoms with Gasteiger partial charge < -0.3 is 9.47 Å². The van der Waals surface area contributed by atoms with Crippen molar-refractivity contribution >= 4 is 0 Å². The summed E-state index contributed by atoms with van der Waals surface area (Å²) in [5.41, 5.74) is 1.10. The first kappa shape index (κ1) is 9.90. The van der Waals surface area contributed by atoms with Crippen molar-refractivity contribution in [2.45, 2.75) is 20.8 Å². The summed E-state index contributed by atoms with van der Waals surface area (Å²) in [4.78, 5) is 0. The van der Waals surface area contributed by atoms with E-state index in [-0.39, 0.29) is 0 Å². The molecule has 13 heavy (non-hydrogen) atoms. The topological polar surface area (TPSA) is 18.5 Å². The molecule has 0 unspecified atom stereocenters. The number of hydrogen-bond acceptors (Lipinski definition) is 2. The molecule has 0 N–H and O–H groups in total. The average molecular weight is 180 g/mol. The van der Waals surface area contributed by atoms with Gasteiger partial charge in [0.15, 0.2) is 11.5 Å². The fraction of sp³-hybridized carbons (Fsp3) is 0.455. The van der Waals surface area contributed by atoms with Gasteiger partial charge in [0.25, 0.3) is 0 Å². The van der Waals surface area contributed by atoms with E-state index in [1.807, 2.05) is 19.1 Å². The van der Waals surface area contributed by atoms with Crippen molar-refractivity contribution in [3.8, 4) is 0 Å². The molecule has 1 saturated heterocycles. The highest BCUT2D eigenvalue weighted by Crippen LogP contribution is 2.28. The second-order valence-electron chi connectivity index (χ2n) is 3.20. The van der Waals surface area contributed by atoms with E-state index in [0.717, 1.165) is 17.1 Å². The molecule has 0 radical (unpaired) electrons. The van der Waals surface area contributed by atoms with Crippen molar-refractivity contribution in [1.82, 2.24) is 0 Å². The van der Waals surface area contributed by atoms with E-state index in [1.165, 1.54) is 0 Å². The largest absolute Gasteiger partial charge is 0.454 e. The van der Waals surface area contributed by atoms with Crippen LogP contribution in [-0.2, 0) is 9.47 Å². The molecule has 1 fully saturated rings. The van der Waals surface area contributed by atoms with Gasteiger partial charge in [-0.25, -0.2) is 0 Å². The van der Waals surface area contributed by atoms with E-state index >= 15 is 0 Å². The zero-order valence-corrected chi connectivity index (χ0v) is 8.46. The second kappa shape index (κ2) is 4.17. The van der Waals surface area contributed by atoms with E-state index < -0.39 is 0 Å². The summed E-state index contributed by atoms with van der Waals surface area (Å²) in [6, 6.07) is 0. The fourth-order valence-electron chi connectivity index (χ4n) is 1.32. The summed E-state index contributed by atoms with van der Waals surface area (Å²) < 4.78 is 10.7. The monoisotopic (exact) mass is 180 g/mol. The van der Waals surface area contributed by atoms with Crippen LogP contribution < -0.4 is 0 Å². The van der Waals surface area contributed by atoms with Gasteiger partial charge >= 0.3 is 0 Å². The Morgan fingerprint density at radius 2 is 2.15 bits per heavy atom. The highest BCUT2D eigenvalue weighted by atomic mass is 16.7. The molecule has 1 aliphatic rings. The minimum atomic E-state index is 0.319. The maximum atomic E-state index is 5.39. The molecule has 0 aromatic rings. The van der Waals surface area contributed by atoms with Gasteiger partial charge in [0, 0.05) is 5.57 Å². The van der Waals surface area contributed by atoms with E-state index in [0.29, 0.717) is 12.7 Å². The Kier molecular flexibility index (Phi) is 3.18. The first-order valence-electron chi connectivity index (χ1n) is 4.49.